The first-order valence-electron chi connectivity index (χ1n) is 7.89. The van der Waals surface area contributed by atoms with E-state index in [4.69, 9.17) is 10.3 Å². The van der Waals surface area contributed by atoms with Crippen molar-refractivity contribution < 1.29 is 4.52 Å². The number of halogens is 1. The second-order valence-corrected chi connectivity index (χ2v) is 6.11. The molecule has 5 nitrogen and oxygen atoms in total. The van der Waals surface area contributed by atoms with E-state index in [0.717, 1.165) is 42.4 Å². The number of hydrogen-bond donors (Lipinski definition) is 1. The van der Waals surface area contributed by atoms with Crippen LogP contribution in [0, 0.1) is 0 Å². The fraction of sp³-hybridized carbons (Fsp3) is 0.278. The molecule has 3 aromatic rings. The van der Waals surface area contributed by atoms with E-state index >= 15 is 0 Å². The van der Waals surface area contributed by atoms with Crippen LogP contribution in [-0.2, 0) is 5.54 Å². The van der Waals surface area contributed by atoms with Crippen LogP contribution in [0.3, 0.4) is 0 Å². The van der Waals surface area contributed by atoms with Gasteiger partial charge in [0.15, 0.2) is 5.82 Å². The highest BCUT2D eigenvalue weighted by Gasteiger charge is 2.36. The predicted molar refractivity (Wildman–Crippen MR) is 94.5 cm³/mol. The Hall–Kier alpha value is -2.24. The number of nitrogens with two attached hydrogens (primary N) is 1. The smallest absolute Gasteiger partial charge is 0.259 e. The van der Waals surface area contributed by atoms with Crippen molar-refractivity contribution in [2.75, 3.05) is 0 Å². The third-order valence-electron chi connectivity index (χ3n) is 4.46. The van der Waals surface area contributed by atoms with Gasteiger partial charge in [0.1, 0.15) is 0 Å². The van der Waals surface area contributed by atoms with Crippen molar-refractivity contribution in [1.29, 1.82) is 0 Å². The lowest BCUT2D eigenvalue weighted by Gasteiger charge is -2.17. The maximum Gasteiger partial charge on any atom is 0.259 e. The lowest BCUT2D eigenvalue weighted by atomic mass is 9.98. The number of pyridine rings is 1. The fourth-order valence-corrected chi connectivity index (χ4v) is 3.12. The molecule has 2 N–H and O–H groups in total. The molecule has 1 aliphatic carbocycles. The fourth-order valence-electron chi connectivity index (χ4n) is 3.12. The topological polar surface area (TPSA) is 77.8 Å². The van der Waals surface area contributed by atoms with Gasteiger partial charge >= 0.3 is 0 Å². The summed E-state index contributed by atoms with van der Waals surface area (Å²) in [6, 6.07) is 12.1. The molecule has 1 aromatic carbocycles. The second kappa shape index (κ2) is 6.71. The van der Waals surface area contributed by atoms with Crippen molar-refractivity contribution in [3.63, 3.8) is 0 Å². The Morgan fingerprint density at radius 1 is 0.958 bits per heavy atom. The van der Waals surface area contributed by atoms with E-state index in [9.17, 15) is 0 Å². The first kappa shape index (κ1) is 16.6. The standard InChI is InChI=1S/C18H18N4O.ClH/c19-18(8-4-5-9-18)17-21-16(23-22-17)15-10-14(11-20-12-15)13-6-2-1-3-7-13;/h1-3,6-7,10-12H,4-5,8-9,19H2;1H. The second-order valence-electron chi connectivity index (χ2n) is 6.11. The van der Waals surface area contributed by atoms with Gasteiger partial charge in [-0.25, -0.2) is 0 Å². The highest BCUT2D eigenvalue weighted by Crippen LogP contribution is 2.35. The van der Waals surface area contributed by atoms with Gasteiger partial charge in [-0.05, 0) is 24.5 Å². The third kappa shape index (κ3) is 3.05. The minimum absolute atomic E-state index is 0. The summed E-state index contributed by atoms with van der Waals surface area (Å²) in [5.74, 6) is 1.08. The van der Waals surface area contributed by atoms with Crippen molar-refractivity contribution in [2.45, 2.75) is 31.2 Å². The predicted octanol–water partition coefficient (Wildman–Crippen LogP) is 3.95. The van der Waals surface area contributed by atoms with Gasteiger partial charge in [-0.15, -0.1) is 12.4 Å². The van der Waals surface area contributed by atoms with Crippen molar-refractivity contribution in [1.82, 2.24) is 15.1 Å². The van der Waals surface area contributed by atoms with E-state index in [-0.39, 0.29) is 12.4 Å². The van der Waals surface area contributed by atoms with Crippen LogP contribution in [0.25, 0.3) is 22.6 Å². The molecule has 1 fully saturated rings. The molecule has 1 aliphatic rings. The maximum absolute atomic E-state index is 6.39. The maximum atomic E-state index is 6.39. The van der Waals surface area contributed by atoms with Crippen LogP contribution < -0.4 is 5.73 Å². The Kier molecular flexibility index (Phi) is 4.64. The molecule has 0 saturated heterocycles. The van der Waals surface area contributed by atoms with Gasteiger partial charge in [0.2, 0.25) is 0 Å². The van der Waals surface area contributed by atoms with Crippen LogP contribution in [0.1, 0.15) is 31.5 Å². The summed E-state index contributed by atoms with van der Waals surface area (Å²) in [5.41, 5.74) is 8.89. The van der Waals surface area contributed by atoms with Crippen LogP contribution in [-0.4, -0.2) is 15.1 Å². The van der Waals surface area contributed by atoms with Gasteiger partial charge in [0, 0.05) is 18.0 Å². The van der Waals surface area contributed by atoms with Crippen LogP contribution in [0.2, 0.25) is 0 Å². The zero-order chi connectivity index (χ0) is 15.7. The molecule has 0 amide bonds. The molecule has 0 spiro atoms. The lowest BCUT2D eigenvalue weighted by Crippen LogP contribution is -2.34. The molecule has 2 aromatic heterocycles. The number of nitrogens with zero attached hydrogens (tertiary/aromatic N) is 3. The Morgan fingerprint density at radius 2 is 1.67 bits per heavy atom. The molecule has 1 saturated carbocycles. The minimum atomic E-state index is -0.438. The number of aromatic nitrogens is 3. The SMILES string of the molecule is Cl.NC1(c2noc(-c3cncc(-c4ccccc4)c3)n2)CCCC1. The van der Waals surface area contributed by atoms with Crippen LogP contribution in [0.5, 0.6) is 0 Å². The van der Waals surface area contributed by atoms with E-state index in [1.54, 1.807) is 6.20 Å². The van der Waals surface area contributed by atoms with Crippen LogP contribution in [0.15, 0.2) is 53.3 Å². The largest absolute Gasteiger partial charge is 0.334 e. The summed E-state index contributed by atoms with van der Waals surface area (Å²) >= 11 is 0. The molecule has 4 rings (SSSR count). The molecule has 0 atom stereocenters. The van der Waals surface area contributed by atoms with Crippen molar-refractivity contribution >= 4 is 12.4 Å². The highest BCUT2D eigenvalue weighted by atomic mass is 35.5. The Balaban J connectivity index is 0.00000169. The summed E-state index contributed by atoms with van der Waals surface area (Å²) in [7, 11) is 0. The summed E-state index contributed by atoms with van der Waals surface area (Å²) in [5, 5.41) is 4.11. The quantitative estimate of drug-likeness (QED) is 0.779. The van der Waals surface area contributed by atoms with E-state index in [1.165, 1.54) is 0 Å². The molecule has 124 valence electrons. The van der Waals surface area contributed by atoms with E-state index < -0.39 is 5.54 Å². The summed E-state index contributed by atoms with van der Waals surface area (Å²) in [6.07, 6.45) is 7.62. The molecule has 0 bridgehead atoms. The Bertz CT molecular complexity index is 813. The van der Waals surface area contributed by atoms with Crippen LogP contribution >= 0.6 is 12.4 Å². The molecule has 0 radical (unpaired) electrons. The zero-order valence-corrected chi connectivity index (χ0v) is 14.0. The molecule has 6 heteroatoms. The van der Waals surface area contributed by atoms with E-state index in [1.807, 2.05) is 42.6 Å². The molecule has 0 aliphatic heterocycles. The number of rotatable bonds is 3. The first-order chi connectivity index (χ1) is 11.2. The Morgan fingerprint density at radius 3 is 2.42 bits per heavy atom. The van der Waals surface area contributed by atoms with Crippen molar-refractivity contribution in [3.8, 4) is 22.6 Å². The average Bonchev–Trinajstić information content (AvgIpc) is 3.26. The lowest BCUT2D eigenvalue weighted by molar-refractivity contribution is 0.372. The van der Waals surface area contributed by atoms with E-state index in [2.05, 4.69) is 15.1 Å². The minimum Gasteiger partial charge on any atom is -0.334 e. The van der Waals surface area contributed by atoms with E-state index in [0.29, 0.717) is 11.7 Å². The summed E-state index contributed by atoms with van der Waals surface area (Å²) in [6.45, 7) is 0. The summed E-state index contributed by atoms with van der Waals surface area (Å²) in [4.78, 5) is 8.83. The number of hydrogen-bond acceptors (Lipinski definition) is 5. The molecule has 0 unspecified atom stereocenters. The van der Waals surface area contributed by atoms with Gasteiger partial charge in [-0.1, -0.05) is 48.3 Å². The Labute approximate surface area is 146 Å². The normalized spacial score (nSPS) is 15.9. The zero-order valence-electron chi connectivity index (χ0n) is 13.2. The molecular formula is C18H19ClN4O. The van der Waals surface area contributed by atoms with Crippen LogP contribution in [0.4, 0.5) is 0 Å². The monoisotopic (exact) mass is 342 g/mol. The molecule has 24 heavy (non-hydrogen) atoms. The van der Waals surface area contributed by atoms with Gasteiger partial charge in [0.05, 0.1) is 11.1 Å². The highest BCUT2D eigenvalue weighted by molar-refractivity contribution is 5.85. The van der Waals surface area contributed by atoms with Gasteiger partial charge in [-0.3, -0.25) is 4.98 Å². The van der Waals surface area contributed by atoms with Crippen molar-refractivity contribution in [2.24, 2.45) is 5.73 Å². The first-order valence-corrected chi connectivity index (χ1v) is 7.89. The number of benzene rings is 1. The molecule has 2 heterocycles. The van der Waals surface area contributed by atoms with Gasteiger partial charge < -0.3 is 10.3 Å². The average molecular weight is 343 g/mol. The third-order valence-corrected chi connectivity index (χ3v) is 4.46. The summed E-state index contributed by atoms with van der Waals surface area (Å²) < 4.78 is 5.44. The molecular weight excluding hydrogens is 324 g/mol. The van der Waals surface area contributed by atoms with Crippen molar-refractivity contribution in [3.05, 3.63) is 54.6 Å². The van der Waals surface area contributed by atoms with Gasteiger partial charge in [-0.2, -0.15) is 4.98 Å². The van der Waals surface area contributed by atoms with Gasteiger partial charge in [0.25, 0.3) is 5.89 Å².